The fourth-order valence-corrected chi connectivity index (χ4v) is 1.95. The molecule has 2 unspecified atom stereocenters. The van der Waals surface area contributed by atoms with Gasteiger partial charge in [-0.1, -0.05) is 20.8 Å². The van der Waals surface area contributed by atoms with E-state index in [9.17, 15) is 4.79 Å². The minimum Gasteiger partial charge on any atom is -0.372 e. The van der Waals surface area contributed by atoms with Gasteiger partial charge >= 0.3 is 0 Å². The molecule has 5 heteroatoms. The van der Waals surface area contributed by atoms with Crippen molar-refractivity contribution in [3.05, 3.63) is 0 Å². The summed E-state index contributed by atoms with van der Waals surface area (Å²) in [6.07, 6.45) is 1.21. The molecule has 1 saturated heterocycles. The highest BCUT2D eigenvalue weighted by Gasteiger charge is 2.30. The molecule has 1 amide bonds. The molecule has 0 bridgehead atoms. The van der Waals surface area contributed by atoms with Crippen molar-refractivity contribution >= 4 is 18.3 Å². The first-order valence-corrected chi connectivity index (χ1v) is 6.15. The third-order valence-corrected chi connectivity index (χ3v) is 3.10. The number of carbonyl (C=O) groups is 1. The summed E-state index contributed by atoms with van der Waals surface area (Å²) in [5, 5.41) is 0. The third-order valence-electron chi connectivity index (χ3n) is 3.10. The van der Waals surface area contributed by atoms with Crippen LogP contribution in [-0.4, -0.2) is 42.1 Å². The van der Waals surface area contributed by atoms with Crippen molar-refractivity contribution in [3.8, 4) is 0 Å². The molecule has 0 aromatic heterocycles. The highest BCUT2D eigenvalue weighted by atomic mass is 35.5. The topological polar surface area (TPSA) is 55.6 Å². The third kappa shape index (κ3) is 4.45. The zero-order valence-electron chi connectivity index (χ0n) is 11.2. The first-order chi connectivity index (χ1) is 7.45. The maximum atomic E-state index is 12.1. The Morgan fingerprint density at radius 2 is 2.06 bits per heavy atom. The van der Waals surface area contributed by atoms with Gasteiger partial charge in [-0.25, -0.2) is 0 Å². The van der Waals surface area contributed by atoms with Crippen LogP contribution in [0.15, 0.2) is 0 Å². The van der Waals surface area contributed by atoms with Gasteiger partial charge in [0.1, 0.15) is 0 Å². The van der Waals surface area contributed by atoms with Crippen LogP contribution in [0.25, 0.3) is 0 Å². The maximum absolute atomic E-state index is 12.1. The van der Waals surface area contributed by atoms with E-state index in [-0.39, 0.29) is 42.5 Å². The van der Waals surface area contributed by atoms with Gasteiger partial charge < -0.3 is 15.4 Å². The Bertz CT molecular complexity index is 249. The number of hydrogen-bond donors (Lipinski definition) is 1. The number of amides is 1. The summed E-state index contributed by atoms with van der Waals surface area (Å²) in [5.41, 5.74) is 5.89. The second kappa shape index (κ2) is 7.19. The fraction of sp³-hybridized carbons (Fsp3) is 0.917. The molecule has 1 rings (SSSR count). The molecule has 0 spiro atoms. The SMILES string of the molecule is CCC1CN(C(=O)[C@@H](N)C(C)C)CC(C)O1.Cl. The monoisotopic (exact) mass is 264 g/mol. The molecule has 0 aromatic carbocycles. The number of morpholine rings is 1. The van der Waals surface area contributed by atoms with E-state index < -0.39 is 0 Å². The molecule has 1 aliphatic rings. The van der Waals surface area contributed by atoms with Crippen molar-refractivity contribution in [1.29, 1.82) is 0 Å². The lowest BCUT2D eigenvalue weighted by Crippen LogP contribution is -2.54. The smallest absolute Gasteiger partial charge is 0.239 e. The molecule has 4 nitrogen and oxygen atoms in total. The van der Waals surface area contributed by atoms with E-state index in [0.717, 1.165) is 6.42 Å². The van der Waals surface area contributed by atoms with Crippen molar-refractivity contribution < 1.29 is 9.53 Å². The summed E-state index contributed by atoms with van der Waals surface area (Å²) < 4.78 is 5.72. The Kier molecular flexibility index (Phi) is 7.05. The molecule has 2 N–H and O–H groups in total. The highest BCUT2D eigenvalue weighted by molar-refractivity contribution is 5.85. The summed E-state index contributed by atoms with van der Waals surface area (Å²) >= 11 is 0. The highest BCUT2D eigenvalue weighted by Crippen LogP contribution is 2.15. The molecular weight excluding hydrogens is 240 g/mol. The molecular formula is C12H25ClN2O2. The molecule has 1 fully saturated rings. The van der Waals surface area contributed by atoms with E-state index in [1.54, 1.807) is 0 Å². The Morgan fingerprint density at radius 3 is 2.53 bits per heavy atom. The average molecular weight is 265 g/mol. The zero-order chi connectivity index (χ0) is 12.3. The number of nitrogens with two attached hydrogens (primary N) is 1. The van der Waals surface area contributed by atoms with Crippen LogP contribution in [-0.2, 0) is 9.53 Å². The maximum Gasteiger partial charge on any atom is 0.239 e. The van der Waals surface area contributed by atoms with Gasteiger partial charge in [-0.15, -0.1) is 12.4 Å². The van der Waals surface area contributed by atoms with Crippen molar-refractivity contribution in [2.75, 3.05) is 13.1 Å². The lowest BCUT2D eigenvalue weighted by atomic mass is 10.0. The predicted octanol–water partition coefficient (Wildman–Crippen LogP) is 1.42. The fourth-order valence-electron chi connectivity index (χ4n) is 1.95. The lowest BCUT2D eigenvalue weighted by molar-refractivity contribution is -0.146. The van der Waals surface area contributed by atoms with Gasteiger partial charge in [0, 0.05) is 13.1 Å². The van der Waals surface area contributed by atoms with Gasteiger partial charge in [0.25, 0.3) is 0 Å². The summed E-state index contributed by atoms with van der Waals surface area (Å²) in [6.45, 7) is 9.38. The van der Waals surface area contributed by atoms with Crippen LogP contribution >= 0.6 is 12.4 Å². The van der Waals surface area contributed by atoms with Crippen LogP contribution < -0.4 is 5.73 Å². The molecule has 0 aliphatic carbocycles. The molecule has 102 valence electrons. The largest absolute Gasteiger partial charge is 0.372 e. The first kappa shape index (κ1) is 16.7. The second-order valence-corrected chi connectivity index (χ2v) is 4.99. The molecule has 0 aromatic rings. The minimum absolute atomic E-state index is 0. The van der Waals surface area contributed by atoms with Crippen molar-refractivity contribution in [3.63, 3.8) is 0 Å². The summed E-state index contributed by atoms with van der Waals surface area (Å²) in [4.78, 5) is 13.9. The number of carbonyl (C=O) groups excluding carboxylic acids is 1. The van der Waals surface area contributed by atoms with Crippen LogP contribution in [0.3, 0.4) is 0 Å². The van der Waals surface area contributed by atoms with Crippen molar-refractivity contribution in [2.24, 2.45) is 11.7 Å². The number of rotatable bonds is 3. The van der Waals surface area contributed by atoms with Gasteiger partial charge in [-0.2, -0.15) is 0 Å². The Hall–Kier alpha value is -0.320. The second-order valence-electron chi connectivity index (χ2n) is 4.99. The number of nitrogens with zero attached hydrogens (tertiary/aromatic N) is 1. The van der Waals surface area contributed by atoms with Gasteiger partial charge in [0.05, 0.1) is 18.2 Å². The molecule has 17 heavy (non-hydrogen) atoms. The normalized spacial score (nSPS) is 26.6. The van der Waals surface area contributed by atoms with E-state index >= 15 is 0 Å². The molecule has 3 atom stereocenters. The Labute approximate surface area is 110 Å². The lowest BCUT2D eigenvalue weighted by Gasteiger charge is -2.38. The van der Waals surface area contributed by atoms with Gasteiger partial charge in [0.2, 0.25) is 5.91 Å². The van der Waals surface area contributed by atoms with Gasteiger partial charge in [-0.05, 0) is 19.3 Å². The van der Waals surface area contributed by atoms with Gasteiger partial charge in [-0.3, -0.25) is 4.79 Å². The van der Waals surface area contributed by atoms with Crippen LogP contribution in [0.5, 0.6) is 0 Å². The predicted molar refractivity (Wildman–Crippen MR) is 71.3 cm³/mol. The van der Waals surface area contributed by atoms with E-state index in [0.29, 0.717) is 13.1 Å². The number of halogens is 1. The van der Waals surface area contributed by atoms with Crippen LogP contribution in [0.2, 0.25) is 0 Å². The van der Waals surface area contributed by atoms with Crippen LogP contribution in [0.1, 0.15) is 34.1 Å². The van der Waals surface area contributed by atoms with E-state index in [2.05, 4.69) is 6.92 Å². The number of ether oxygens (including phenoxy) is 1. The molecule has 0 radical (unpaired) electrons. The van der Waals surface area contributed by atoms with Crippen molar-refractivity contribution in [2.45, 2.75) is 52.4 Å². The summed E-state index contributed by atoms with van der Waals surface area (Å²) in [7, 11) is 0. The zero-order valence-corrected chi connectivity index (χ0v) is 12.0. The number of hydrogen-bond acceptors (Lipinski definition) is 3. The van der Waals surface area contributed by atoms with E-state index in [1.807, 2.05) is 25.7 Å². The Balaban J connectivity index is 0.00000256. The molecule has 0 saturated carbocycles. The van der Waals surface area contributed by atoms with E-state index in [1.165, 1.54) is 0 Å². The Morgan fingerprint density at radius 1 is 1.47 bits per heavy atom. The molecule has 1 heterocycles. The van der Waals surface area contributed by atoms with Crippen LogP contribution in [0.4, 0.5) is 0 Å². The first-order valence-electron chi connectivity index (χ1n) is 6.15. The minimum atomic E-state index is -0.386. The van der Waals surface area contributed by atoms with E-state index in [4.69, 9.17) is 10.5 Å². The van der Waals surface area contributed by atoms with Crippen molar-refractivity contribution in [1.82, 2.24) is 4.90 Å². The summed E-state index contributed by atoms with van der Waals surface area (Å²) in [5.74, 6) is 0.245. The average Bonchev–Trinajstić information content (AvgIpc) is 2.25. The molecule has 1 aliphatic heterocycles. The summed E-state index contributed by atoms with van der Waals surface area (Å²) in [6, 6.07) is -0.386. The van der Waals surface area contributed by atoms with Gasteiger partial charge in [0.15, 0.2) is 0 Å². The standard InChI is InChI=1S/C12H24N2O2.ClH/c1-5-10-7-14(6-9(4)16-10)12(15)11(13)8(2)3;/h8-11H,5-7,13H2,1-4H3;1H/t9?,10?,11-;/m0./s1. The quantitative estimate of drug-likeness (QED) is 0.839. The van der Waals surface area contributed by atoms with Crippen LogP contribution in [0, 0.1) is 5.92 Å².